The van der Waals surface area contributed by atoms with Crippen LogP contribution in [0.1, 0.15) is 46.0 Å². The number of aliphatic carboxylic acids is 1. The second-order valence-corrected chi connectivity index (χ2v) is 5.51. The highest BCUT2D eigenvalue weighted by Crippen LogP contribution is 2.27. The summed E-state index contributed by atoms with van der Waals surface area (Å²) in [6.45, 7) is 5.63. The molecular formula is C13H25NO2. The maximum Gasteiger partial charge on any atom is 0.306 e. The van der Waals surface area contributed by atoms with E-state index in [4.69, 9.17) is 5.11 Å². The number of hydrogen-bond acceptors (Lipinski definition) is 2. The van der Waals surface area contributed by atoms with E-state index < -0.39 is 5.97 Å². The molecule has 0 heterocycles. The van der Waals surface area contributed by atoms with Gasteiger partial charge in [-0.15, -0.1) is 0 Å². The van der Waals surface area contributed by atoms with Gasteiger partial charge in [0.1, 0.15) is 0 Å². The molecule has 0 spiro atoms. The highest BCUT2D eigenvalue weighted by molar-refractivity contribution is 5.70. The first kappa shape index (κ1) is 13.5. The number of nitrogens with zero attached hydrogens (tertiary/aromatic N) is 1. The second-order valence-electron chi connectivity index (χ2n) is 5.51. The lowest BCUT2D eigenvalue weighted by Crippen LogP contribution is -2.37. The minimum atomic E-state index is -0.608. The summed E-state index contributed by atoms with van der Waals surface area (Å²) in [5.74, 6) is 0.0517. The lowest BCUT2D eigenvalue weighted by atomic mass is 9.85. The minimum absolute atomic E-state index is 0.0882. The fraction of sp³-hybridized carbons (Fsp3) is 0.923. The SMILES string of the molecule is CC(C)CCN(C)C1CCC(C(=O)O)CC1. The average molecular weight is 227 g/mol. The van der Waals surface area contributed by atoms with Crippen LogP contribution in [0.4, 0.5) is 0 Å². The minimum Gasteiger partial charge on any atom is -0.481 e. The summed E-state index contributed by atoms with van der Waals surface area (Å²) in [4.78, 5) is 13.2. The third kappa shape index (κ3) is 4.12. The van der Waals surface area contributed by atoms with Gasteiger partial charge in [0.2, 0.25) is 0 Å². The maximum atomic E-state index is 10.8. The van der Waals surface area contributed by atoms with Crippen LogP contribution in [-0.2, 0) is 4.79 Å². The van der Waals surface area contributed by atoms with Crippen molar-refractivity contribution in [3.63, 3.8) is 0 Å². The molecule has 0 aliphatic heterocycles. The molecule has 3 nitrogen and oxygen atoms in total. The molecule has 0 aromatic rings. The van der Waals surface area contributed by atoms with E-state index in [1.54, 1.807) is 0 Å². The maximum absolute atomic E-state index is 10.8. The molecule has 1 fully saturated rings. The van der Waals surface area contributed by atoms with Crippen molar-refractivity contribution in [2.75, 3.05) is 13.6 Å². The van der Waals surface area contributed by atoms with Crippen molar-refractivity contribution in [3.8, 4) is 0 Å². The summed E-state index contributed by atoms with van der Waals surface area (Å²) < 4.78 is 0. The molecule has 1 saturated carbocycles. The van der Waals surface area contributed by atoms with E-state index >= 15 is 0 Å². The Labute approximate surface area is 98.8 Å². The van der Waals surface area contributed by atoms with E-state index in [0.29, 0.717) is 6.04 Å². The van der Waals surface area contributed by atoms with Gasteiger partial charge in [0.25, 0.3) is 0 Å². The highest BCUT2D eigenvalue weighted by atomic mass is 16.4. The molecule has 0 atom stereocenters. The van der Waals surface area contributed by atoms with Gasteiger partial charge in [0, 0.05) is 6.04 Å². The van der Waals surface area contributed by atoms with Crippen molar-refractivity contribution < 1.29 is 9.90 Å². The van der Waals surface area contributed by atoms with Crippen molar-refractivity contribution in [2.24, 2.45) is 11.8 Å². The summed E-state index contributed by atoms with van der Waals surface area (Å²) in [6.07, 6.45) is 5.03. The van der Waals surface area contributed by atoms with Crippen molar-refractivity contribution in [1.29, 1.82) is 0 Å². The highest BCUT2D eigenvalue weighted by Gasteiger charge is 2.27. The van der Waals surface area contributed by atoms with Crippen molar-refractivity contribution in [3.05, 3.63) is 0 Å². The largest absolute Gasteiger partial charge is 0.481 e. The number of carboxylic acids is 1. The Kier molecular flexibility index (Phi) is 5.26. The lowest BCUT2D eigenvalue weighted by molar-refractivity contribution is -0.143. The summed E-state index contributed by atoms with van der Waals surface area (Å²) in [5, 5.41) is 8.93. The lowest BCUT2D eigenvalue weighted by Gasteiger charge is -2.33. The molecule has 0 bridgehead atoms. The Balaban J connectivity index is 2.27. The Morgan fingerprint density at radius 2 is 1.88 bits per heavy atom. The first-order valence-electron chi connectivity index (χ1n) is 6.43. The van der Waals surface area contributed by atoms with Crippen LogP contribution in [0.25, 0.3) is 0 Å². The zero-order valence-electron chi connectivity index (χ0n) is 10.8. The number of hydrogen-bond donors (Lipinski definition) is 1. The normalized spacial score (nSPS) is 26.3. The first-order chi connectivity index (χ1) is 7.50. The first-order valence-corrected chi connectivity index (χ1v) is 6.43. The zero-order valence-corrected chi connectivity index (χ0v) is 10.8. The molecule has 0 aromatic carbocycles. The van der Waals surface area contributed by atoms with Crippen LogP contribution in [0, 0.1) is 11.8 Å². The van der Waals surface area contributed by atoms with E-state index in [2.05, 4.69) is 25.8 Å². The third-order valence-corrected chi connectivity index (χ3v) is 3.73. The van der Waals surface area contributed by atoms with Gasteiger partial charge >= 0.3 is 5.97 Å². The van der Waals surface area contributed by atoms with E-state index in [-0.39, 0.29) is 5.92 Å². The third-order valence-electron chi connectivity index (χ3n) is 3.73. The quantitative estimate of drug-likeness (QED) is 0.785. The van der Waals surface area contributed by atoms with Gasteiger partial charge in [-0.3, -0.25) is 4.79 Å². The molecule has 1 aliphatic rings. The average Bonchev–Trinajstić information content (AvgIpc) is 2.26. The van der Waals surface area contributed by atoms with Crippen LogP contribution >= 0.6 is 0 Å². The molecule has 0 aromatic heterocycles. The fourth-order valence-corrected chi connectivity index (χ4v) is 2.41. The molecule has 1 rings (SSSR count). The Morgan fingerprint density at radius 3 is 2.31 bits per heavy atom. The summed E-state index contributed by atoms with van der Waals surface area (Å²) in [7, 11) is 2.17. The van der Waals surface area contributed by atoms with Gasteiger partial charge in [-0.1, -0.05) is 13.8 Å². The molecule has 0 amide bonds. The summed E-state index contributed by atoms with van der Waals surface area (Å²) in [6, 6.07) is 0.606. The smallest absolute Gasteiger partial charge is 0.306 e. The van der Waals surface area contributed by atoms with Gasteiger partial charge in [0.05, 0.1) is 5.92 Å². The van der Waals surface area contributed by atoms with Crippen LogP contribution in [0.5, 0.6) is 0 Å². The Morgan fingerprint density at radius 1 is 1.31 bits per heavy atom. The molecular weight excluding hydrogens is 202 g/mol. The molecule has 0 saturated heterocycles. The van der Waals surface area contributed by atoms with Crippen molar-refractivity contribution in [1.82, 2.24) is 4.90 Å². The number of carboxylic acid groups (broad SMARTS) is 1. The van der Waals surface area contributed by atoms with Crippen LogP contribution < -0.4 is 0 Å². The number of rotatable bonds is 5. The standard InChI is InChI=1S/C13H25NO2/c1-10(2)8-9-14(3)12-6-4-11(5-7-12)13(15)16/h10-12H,4-9H2,1-3H3,(H,15,16). The van der Waals surface area contributed by atoms with Crippen molar-refractivity contribution in [2.45, 2.75) is 52.0 Å². The Hall–Kier alpha value is -0.570. The molecule has 3 heteroatoms. The molecule has 1 N–H and O–H groups in total. The zero-order chi connectivity index (χ0) is 12.1. The monoisotopic (exact) mass is 227 g/mol. The van der Waals surface area contributed by atoms with Gasteiger partial charge in [-0.25, -0.2) is 0 Å². The van der Waals surface area contributed by atoms with E-state index in [9.17, 15) is 4.79 Å². The predicted octanol–water partition coefficient (Wildman–Crippen LogP) is 2.61. The van der Waals surface area contributed by atoms with Gasteiger partial charge in [-0.05, 0) is 51.6 Å². The van der Waals surface area contributed by atoms with Gasteiger partial charge in [0.15, 0.2) is 0 Å². The molecule has 1 aliphatic carbocycles. The van der Waals surface area contributed by atoms with Crippen LogP contribution in [-0.4, -0.2) is 35.6 Å². The van der Waals surface area contributed by atoms with E-state index in [0.717, 1.165) is 38.1 Å². The van der Waals surface area contributed by atoms with Crippen molar-refractivity contribution >= 4 is 5.97 Å². The van der Waals surface area contributed by atoms with Crippen LogP contribution in [0.15, 0.2) is 0 Å². The van der Waals surface area contributed by atoms with E-state index in [1.165, 1.54) is 6.42 Å². The van der Waals surface area contributed by atoms with E-state index in [1.807, 2.05) is 0 Å². The van der Waals surface area contributed by atoms with Gasteiger partial charge in [-0.2, -0.15) is 0 Å². The summed E-state index contributed by atoms with van der Waals surface area (Å²) in [5.41, 5.74) is 0. The summed E-state index contributed by atoms with van der Waals surface area (Å²) >= 11 is 0. The molecule has 94 valence electrons. The van der Waals surface area contributed by atoms with Gasteiger partial charge < -0.3 is 10.0 Å². The molecule has 0 unspecified atom stereocenters. The predicted molar refractivity (Wildman–Crippen MR) is 65.5 cm³/mol. The molecule has 0 radical (unpaired) electrons. The number of carbonyl (C=O) groups is 1. The van der Waals surface area contributed by atoms with Crippen LogP contribution in [0.2, 0.25) is 0 Å². The van der Waals surface area contributed by atoms with Crippen LogP contribution in [0.3, 0.4) is 0 Å². The topological polar surface area (TPSA) is 40.5 Å². The Bertz CT molecular complexity index is 220. The fourth-order valence-electron chi connectivity index (χ4n) is 2.41. The molecule has 16 heavy (non-hydrogen) atoms. The second kappa shape index (κ2) is 6.24.